The number of hydrogen-bond acceptors (Lipinski definition) is 2. The summed E-state index contributed by atoms with van der Waals surface area (Å²) >= 11 is 0. The molecule has 0 fully saturated rings. The van der Waals surface area contributed by atoms with Crippen molar-refractivity contribution in [1.29, 1.82) is 0 Å². The number of hydrogen-bond donors (Lipinski definition) is 2. The van der Waals surface area contributed by atoms with Gasteiger partial charge in [0, 0.05) is 26.0 Å². The van der Waals surface area contributed by atoms with Gasteiger partial charge in [0.05, 0.1) is 5.41 Å². The third kappa shape index (κ3) is 2.14. The van der Waals surface area contributed by atoms with Crippen LogP contribution < -0.4 is 5.43 Å². The lowest BCUT2D eigenvalue weighted by molar-refractivity contribution is -0.129. The minimum atomic E-state index is -0.534. The summed E-state index contributed by atoms with van der Waals surface area (Å²) in [6.45, 7) is 3.77. The normalized spacial score (nSPS) is 11.8. The summed E-state index contributed by atoms with van der Waals surface area (Å²) in [6, 6.07) is 3.80. The Morgan fingerprint density at radius 2 is 2.14 bits per heavy atom. The molecule has 78 valence electrons. The van der Waals surface area contributed by atoms with Gasteiger partial charge in [0.25, 0.3) is 0 Å². The number of amides is 1. The standard InChI is InChI=1S/C10H17N3O/c1-10(2,8-6-5-7-11-8)9(14)12-13(3)4/h5-7,11H,1-4H3,(H,12,14). The predicted octanol–water partition coefficient (Wildman–Crippen LogP) is 0.885. The molecule has 0 bridgehead atoms. The second-order valence-corrected chi connectivity index (χ2v) is 4.04. The van der Waals surface area contributed by atoms with Crippen LogP contribution in [0.3, 0.4) is 0 Å². The van der Waals surface area contributed by atoms with E-state index in [4.69, 9.17) is 0 Å². The van der Waals surface area contributed by atoms with Crippen molar-refractivity contribution in [3.63, 3.8) is 0 Å². The van der Waals surface area contributed by atoms with Crippen molar-refractivity contribution in [1.82, 2.24) is 15.4 Å². The Hall–Kier alpha value is -1.29. The summed E-state index contributed by atoms with van der Waals surface area (Å²) in [5.41, 5.74) is 3.13. The first-order valence-corrected chi connectivity index (χ1v) is 4.57. The maximum absolute atomic E-state index is 11.8. The summed E-state index contributed by atoms with van der Waals surface area (Å²) in [5.74, 6) is -0.0232. The van der Waals surface area contributed by atoms with E-state index in [9.17, 15) is 4.79 Å². The zero-order chi connectivity index (χ0) is 10.8. The lowest BCUT2D eigenvalue weighted by Crippen LogP contribution is -2.46. The lowest BCUT2D eigenvalue weighted by atomic mass is 9.89. The number of aromatic amines is 1. The van der Waals surface area contributed by atoms with Crippen LogP contribution in [0.1, 0.15) is 19.5 Å². The Balaban J connectivity index is 2.80. The molecule has 0 aliphatic rings. The monoisotopic (exact) mass is 195 g/mol. The maximum atomic E-state index is 11.8. The summed E-state index contributed by atoms with van der Waals surface area (Å²) in [7, 11) is 3.59. The molecule has 1 amide bonds. The molecule has 0 spiro atoms. The summed E-state index contributed by atoms with van der Waals surface area (Å²) in [6.07, 6.45) is 1.82. The quantitative estimate of drug-likeness (QED) is 0.703. The number of carbonyl (C=O) groups is 1. The van der Waals surface area contributed by atoms with Crippen LogP contribution in [-0.4, -0.2) is 30.0 Å². The number of carbonyl (C=O) groups excluding carboxylic acids is 1. The minimum Gasteiger partial charge on any atom is -0.364 e. The Labute approximate surface area is 84.3 Å². The molecular formula is C10H17N3O. The number of hydrazine groups is 1. The van der Waals surface area contributed by atoms with Crippen molar-refractivity contribution in [2.45, 2.75) is 19.3 Å². The van der Waals surface area contributed by atoms with Gasteiger partial charge in [-0.05, 0) is 26.0 Å². The molecule has 1 heterocycles. The molecule has 0 aromatic carbocycles. The van der Waals surface area contributed by atoms with E-state index in [1.807, 2.05) is 32.2 Å². The van der Waals surface area contributed by atoms with Crippen molar-refractivity contribution in [2.24, 2.45) is 0 Å². The number of nitrogens with zero attached hydrogens (tertiary/aromatic N) is 1. The van der Waals surface area contributed by atoms with Crippen LogP contribution in [0.25, 0.3) is 0 Å². The molecule has 0 radical (unpaired) electrons. The third-order valence-electron chi connectivity index (χ3n) is 2.16. The molecule has 0 aliphatic heterocycles. The molecule has 0 unspecified atom stereocenters. The first-order valence-electron chi connectivity index (χ1n) is 4.57. The molecule has 1 aromatic rings. The van der Waals surface area contributed by atoms with E-state index in [0.717, 1.165) is 5.69 Å². The van der Waals surface area contributed by atoms with Crippen LogP contribution in [0.15, 0.2) is 18.3 Å². The minimum absolute atomic E-state index is 0.0232. The van der Waals surface area contributed by atoms with Gasteiger partial charge >= 0.3 is 0 Å². The molecular weight excluding hydrogens is 178 g/mol. The van der Waals surface area contributed by atoms with E-state index in [1.54, 1.807) is 19.1 Å². The molecule has 4 heteroatoms. The van der Waals surface area contributed by atoms with Crippen LogP contribution in [0.5, 0.6) is 0 Å². The van der Waals surface area contributed by atoms with E-state index in [0.29, 0.717) is 0 Å². The highest BCUT2D eigenvalue weighted by molar-refractivity contribution is 5.86. The van der Waals surface area contributed by atoms with Gasteiger partial charge in [-0.15, -0.1) is 0 Å². The summed E-state index contributed by atoms with van der Waals surface area (Å²) in [4.78, 5) is 14.9. The topological polar surface area (TPSA) is 48.1 Å². The molecule has 1 rings (SSSR count). The first-order chi connectivity index (χ1) is 6.44. The summed E-state index contributed by atoms with van der Waals surface area (Å²) < 4.78 is 0. The van der Waals surface area contributed by atoms with Crippen molar-refractivity contribution >= 4 is 5.91 Å². The average Bonchev–Trinajstić information content (AvgIpc) is 2.54. The summed E-state index contributed by atoms with van der Waals surface area (Å²) in [5, 5.41) is 1.65. The van der Waals surface area contributed by atoms with E-state index in [-0.39, 0.29) is 5.91 Å². The van der Waals surface area contributed by atoms with Crippen molar-refractivity contribution < 1.29 is 4.79 Å². The van der Waals surface area contributed by atoms with E-state index < -0.39 is 5.41 Å². The first kappa shape index (κ1) is 10.8. The maximum Gasteiger partial charge on any atom is 0.245 e. The molecule has 14 heavy (non-hydrogen) atoms. The molecule has 1 aromatic heterocycles. The van der Waals surface area contributed by atoms with Gasteiger partial charge in [0.1, 0.15) is 0 Å². The molecule has 4 nitrogen and oxygen atoms in total. The highest BCUT2D eigenvalue weighted by Gasteiger charge is 2.30. The molecule has 0 aliphatic carbocycles. The number of nitrogens with one attached hydrogen (secondary N) is 2. The Bertz CT molecular complexity index is 301. The fraction of sp³-hybridized carbons (Fsp3) is 0.500. The zero-order valence-corrected chi connectivity index (χ0v) is 9.09. The van der Waals surface area contributed by atoms with Crippen LogP contribution in [0.4, 0.5) is 0 Å². The smallest absolute Gasteiger partial charge is 0.245 e. The van der Waals surface area contributed by atoms with Gasteiger partial charge < -0.3 is 4.98 Å². The number of aromatic nitrogens is 1. The zero-order valence-electron chi connectivity index (χ0n) is 9.09. The Morgan fingerprint density at radius 1 is 1.50 bits per heavy atom. The molecule has 0 atom stereocenters. The van der Waals surface area contributed by atoms with Crippen LogP contribution in [-0.2, 0) is 10.2 Å². The molecule has 0 saturated heterocycles. The molecule has 2 N–H and O–H groups in total. The fourth-order valence-electron chi connectivity index (χ4n) is 1.18. The number of rotatable bonds is 3. The molecule has 0 saturated carbocycles. The van der Waals surface area contributed by atoms with Gasteiger partial charge in [-0.1, -0.05) is 0 Å². The van der Waals surface area contributed by atoms with Crippen LogP contribution in [0.2, 0.25) is 0 Å². The Morgan fingerprint density at radius 3 is 2.57 bits per heavy atom. The van der Waals surface area contributed by atoms with Crippen molar-refractivity contribution in [3.05, 3.63) is 24.0 Å². The van der Waals surface area contributed by atoms with E-state index in [2.05, 4.69) is 10.4 Å². The van der Waals surface area contributed by atoms with Crippen molar-refractivity contribution in [3.8, 4) is 0 Å². The van der Waals surface area contributed by atoms with Crippen LogP contribution in [0, 0.1) is 0 Å². The van der Waals surface area contributed by atoms with Crippen molar-refractivity contribution in [2.75, 3.05) is 14.1 Å². The fourth-order valence-corrected chi connectivity index (χ4v) is 1.18. The average molecular weight is 195 g/mol. The predicted molar refractivity (Wildman–Crippen MR) is 55.6 cm³/mol. The van der Waals surface area contributed by atoms with Gasteiger partial charge in [-0.25, -0.2) is 5.01 Å². The largest absolute Gasteiger partial charge is 0.364 e. The highest BCUT2D eigenvalue weighted by atomic mass is 16.2. The second kappa shape index (κ2) is 3.84. The van der Waals surface area contributed by atoms with E-state index >= 15 is 0 Å². The SMILES string of the molecule is CN(C)NC(=O)C(C)(C)c1ccc[nH]1. The lowest BCUT2D eigenvalue weighted by Gasteiger charge is -2.24. The van der Waals surface area contributed by atoms with Gasteiger partial charge in [0.2, 0.25) is 5.91 Å². The Kier molecular flexibility index (Phi) is 2.96. The van der Waals surface area contributed by atoms with E-state index in [1.165, 1.54) is 0 Å². The second-order valence-electron chi connectivity index (χ2n) is 4.04. The van der Waals surface area contributed by atoms with Gasteiger partial charge in [-0.3, -0.25) is 10.2 Å². The van der Waals surface area contributed by atoms with Gasteiger partial charge in [-0.2, -0.15) is 0 Å². The van der Waals surface area contributed by atoms with Crippen LogP contribution >= 0.6 is 0 Å². The van der Waals surface area contributed by atoms with Gasteiger partial charge in [0.15, 0.2) is 0 Å². The third-order valence-corrected chi connectivity index (χ3v) is 2.16. The number of H-pyrrole nitrogens is 1. The highest BCUT2D eigenvalue weighted by Crippen LogP contribution is 2.21.